The molecule has 1 aliphatic rings. The number of halogens is 6. The van der Waals surface area contributed by atoms with Crippen LogP contribution in [-0.2, 0) is 11.7 Å². The van der Waals surface area contributed by atoms with Crippen molar-refractivity contribution in [3.8, 4) is 0 Å². The van der Waals surface area contributed by atoms with Crippen LogP contribution in [0.4, 0.5) is 26.3 Å². The Balaban J connectivity index is 2.19. The van der Waals surface area contributed by atoms with Gasteiger partial charge in [-0.2, -0.15) is 26.3 Å². The van der Waals surface area contributed by atoms with Gasteiger partial charge in [-0.1, -0.05) is 12.1 Å². The number of hydrogen-bond donors (Lipinski definition) is 1. The van der Waals surface area contributed by atoms with Gasteiger partial charge in [0.05, 0.1) is 11.5 Å². The monoisotopic (exact) mass is 311 g/mol. The van der Waals surface area contributed by atoms with E-state index in [1.54, 1.807) is 0 Å². The van der Waals surface area contributed by atoms with Crippen molar-refractivity contribution >= 4 is 0 Å². The molecule has 0 radical (unpaired) electrons. The largest absolute Gasteiger partial charge is 0.416 e. The van der Waals surface area contributed by atoms with E-state index in [9.17, 15) is 26.3 Å². The van der Waals surface area contributed by atoms with E-state index in [1.807, 2.05) is 0 Å². The van der Waals surface area contributed by atoms with Gasteiger partial charge in [-0.25, -0.2) is 0 Å². The van der Waals surface area contributed by atoms with Crippen molar-refractivity contribution in [3.63, 3.8) is 0 Å². The summed E-state index contributed by atoms with van der Waals surface area (Å²) in [6.45, 7) is 0. The van der Waals surface area contributed by atoms with E-state index in [2.05, 4.69) is 0 Å². The minimum absolute atomic E-state index is 0.0263. The van der Waals surface area contributed by atoms with E-state index in [0.29, 0.717) is 0 Å². The molecule has 1 nitrogen and oxygen atoms in total. The van der Waals surface area contributed by atoms with Crippen LogP contribution < -0.4 is 5.73 Å². The number of nitrogens with two attached hydrogens (primary N) is 1. The molecule has 2 rings (SSSR count). The highest BCUT2D eigenvalue weighted by Crippen LogP contribution is 2.44. The fraction of sp³-hybridized carbons (Fsp3) is 0.571. The molecule has 2 N–H and O–H groups in total. The molecule has 0 bridgehead atoms. The highest BCUT2D eigenvalue weighted by molar-refractivity contribution is 5.31. The molecule has 7 heteroatoms. The lowest BCUT2D eigenvalue weighted by molar-refractivity contribution is -0.184. The van der Waals surface area contributed by atoms with E-state index in [1.165, 1.54) is 12.1 Å². The molecule has 0 atom stereocenters. The van der Waals surface area contributed by atoms with E-state index in [4.69, 9.17) is 5.73 Å². The van der Waals surface area contributed by atoms with Gasteiger partial charge in [0.25, 0.3) is 0 Å². The average Bonchev–Trinajstić information content (AvgIpc) is 2.37. The molecule has 0 spiro atoms. The summed E-state index contributed by atoms with van der Waals surface area (Å²) in [6.07, 6.45) is -9.02. The van der Waals surface area contributed by atoms with Crippen LogP contribution in [-0.4, -0.2) is 6.18 Å². The highest BCUT2D eigenvalue weighted by Gasteiger charge is 2.45. The molecule has 118 valence electrons. The first-order valence-corrected chi connectivity index (χ1v) is 6.56. The van der Waals surface area contributed by atoms with Crippen molar-refractivity contribution in [2.24, 2.45) is 11.7 Å². The first kappa shape index (κ1) is 16.1. The number of rotatable bonds is 1. The maximum absolute atomic E-state index is 12.7. The molecule has 0 amide bonds. The molecule has 0 saturated heterocycles. The van der Waals surface area contributed by atoms with E-state index in [0.717, 1.165) is 12.1 Å². The normalized spacial score (nSPS) is 27.7. The Hall–Kier alpha value is -1.24. The summed E-state index contributed by atoms with van der Waals surface area (Å²) in [5.74, 6) is -1.42. The fourth-order valence-corrected chi connectivity index (χ4v) is 2.75. The average molecular weight is 311 g/mol. The summed E-state index contributed by atoms with van der Waals surface area (Å²) < 4.78 is 75.9. The van der Waals surface area contributed by atoms with Gasteiger partial charge in [-0.3, -0.25) is 0 Å². The number of alkyl halides is 6. The summed E-state index contributed by atoms with van der Waals surface area (Å²) in [6, 6.07) is 4.55. The minimum atomic E-state index is -4.49. The summed E-state index contributed by atoms with van der Waals surface area (Å²) in [7, 11) is 0. The van der Waals surface area contributed by atoms with E-state index >= 15 is 0 Å². The third kappa shape index (κ3) is 3.51. The van der Waals surface area contributed by atoms with Crippen LogP contribution in [0.25, 0.3) is 0 Å². The quantitative estimate of drug-likeness (QED) is 0.753. The Morgan fingerprint density at radius 3 is 2.05 bits per heavy atom. The zero-order valence-corrected chi connectivity index (χ0v) is 11.1. The summed E-state index contributed by atoms with van der Waals surface area (Å²) in [5, 5.41) is 0. The Bertz CT molecular complexity index is 497. The second kappa shape index (κ2) is 5.19. The van der Waals surface area contributed by atoms with Gasteiger partial charge in [0, 0.05) is 5.54 Å². The highest BCUT2D eigenvalue weighted by atomic mass is 19.4. The van der Waals surface area contributed by atoms with Crippen molar-refractivity contribution < 1.29 is 26.3 Å². The molecule has 0 heterocycles. The van der Waals surface area contributed by atoms with Crippen molar-refractivity contribution in [3.05, 3.63) is 35.4 Å². The lowest BCUT2D eigenvalue weighted by Gasteiger charge is -2.38. The van der Waals surface area contributed by atoms with E-state index < -0.39 is 29.4 Å². The maximum Gasteiger partial charge on any atom is 0.416 e. The van der Waals surface area contributed by atoms with Crippen LogP contribution in [0.2, 0.25) is 0 Å². The van der Waals surface area contributed by atoms with Crippen LogP contribution in [0.1, 0.15) is 36.8 Å². The smallest absolute Gasteiger partial charge is 0.321 e. The third-order valence-corrected chi connectivity index (χ3v) is 4.11. The lowest BCUT2D eigenvalue weighted by atomic mass is 9.73. The van der Waals surface area contributed by atoms with Crippen LogP contribution in [0, 0.1) is 5.92 Å². The molecule has 1 saturated carbocycles. The van der Waals surface area contributed by atoms with Gasteiger partial charge in [-0.15, -0.1) is 0 Å². The van der Waals surface area contributed by atoms with Crippen molar-refractivity contribution in [1.29, 1.82) is 0 Å². The Kier molecular flexibility index (Phi) is 3.99. The second-order valence-corrected chi connectivity index (χ2v) is 5.55. The second-order valence-electron chi connectivity index (χ2n) is 5.55. The maximum atomic E-state index is 12.7. The van der Waals surface area contributed by atoms with Crippen LogP contribution in [0.3, 0.4) is 0 Å². The van der Waals surface area contributed by atoms with Gasteiger partial charge in [0.1, 0.15) is 0 Å². The number of benzene rings is 1. The Morgan fingerprint density at radius 1 is 1.00 bits per heavy atom. The van der Waals surface area contributed by atoms with Gasteiger partial charge < -0.3 is 5.73 Å². The molecule has 21 heavy (non-hydrogen) atoms. The fourth-order valence-electron chi connectivity index (χ4n) is 2.75. The van der Waals surface area contributed by atoms with Gasteiger partial charge in [-0.05, 0) is 43.4 Å². The van der Waals surface area contributed by atoms with E-state index in [-0.39, 0.29) is 31.2 Å². The van der Waals surface area contributed by atoms with Crippen molar-refractivity contribution in [2.45, 2.75) is 43.6 Å². The first-order chi connectivity index (χ1) is 9.52. The minimum Gasteiger partial charge on any atom is -0.321 e. The van der Waals surface area contributed by atoms with Crippen molar-refractivity contribution in [2.75, 3.05) is 0 Å². The zero-order valence-electron chi connectivity index (χ0n) is 11.1. The molecular weight excluding hydrogens is 296 g/mol. The molecule has 1 fully saturated rings. The van der Waals surface area contributed by atoms with Gasteiger partial charge in [0.2, 0.25) is 0 Å². The first-order valence-electron chi connectivity index (χ1n) is 6.56. The van der Waals surface area contributed by atoms with Crippen LogP contribution >= 0.6 is 0 Å². The predicted molar refractivity (Wildman–Crippen MR) is 65.3 cm³/mol. The molecule has 0 aromatic heterocycles. The molecule has 1 aromatic carbocycles. The molecular formula is C14H15F6N. The van der Waals surface area contributed by atoms with Gasteiger partial charge in [0.15, 0.2) is 0 Å². The molecule has 1 aliphatic carbocycles. The van der Waals surface area contributed by atoms with Crippen molar-refractivity contribution in [1.82, 2.24) is 0 Å². The van der Waals surface area contributed by atoms with Crippen LogP contribution in [0.15, 0.2) is 24.3 Å². The lowest BCUT2D eigenvalue weighted by Crippen LogP contribution is -2.43. The third-order valence-electron chi connectivity index (χ3n) is 4.11. The molecule has 0 unspecified atom stereocenters. The Labute approximate surface area is 118 Å². The van der Waals surface area contributed by atoms with Crippen LogP contribution in [0.5, 0.6) is 0 Å². The summed E-state index contributed by atoms with van der Waals surface area (Å²) in [5.41, 5.74) is 4.36. The number of hydrogen-bond acceptors (Lipinski definition) is 1. The zero-order chi connectivity index (χ0) is 15.9. The SMILES string of the molecule is NC1(c2cccc(C(F)(F)F)c2)CCC(C(F)(F)F)CC1. The standard InChI is InChI=1S/C14H15F6N/c15-13(16,17)9-4-6-12(21,7-5-9)10-2-1-3-11(8-10)14(18,19)20/h1-3,8-9H,4-7,21H2. The topological polar surface area (TPSA) is 26.0 Å². The van der Waals surface area contributed by atoms with Gasteiger partial charge >= 0.3 is 12.4 Å². The Morgan fingerprint density at radius 2 is 1.57 bits per heavy atom. The molecule has 0 aliphatic heterocycles. The summed E-state index contributed by atoms with van der Waals surface area (Å²) >= 11 is 0. The molecule has 1 aromatic rings. The predicted octanol–water partition coefficient (Wildman–Crippen LogP) is 4.61. The summed E-state index contributed by atoms with van der Waals surface area (Å²) in [4.78, 5) is 0.